The average Bonchev–Trinajstić information content (AvgIpc) is 2.95. The molecule has 5 nitrogen and oxygen atoms in total. The number of rotatable bonds is 9. The predicted molar refractivity (Wildman–Crippen MR) is 148 cm³/mol. The minimum absolute atomic E-state index is 0.415. The van der Waals surface area contributed by atoms with E-state index in [0.717, 1.165) is 19.3 Å². The summed E-state index contributed by atoms with van der Waals surface area (Å²) < 4.78 is 69.2. The highest BCUT2D eigenvalue weighted by Gasteiger charge is 2.57. The van der Waals surface area contributed by atoms with Crippen LogP contribution in [0.25, 0.3) is 0 Å². The monoisotopic (exact) mass is 586 g/mol. The molecule has 4 aliphatic rings. The van der Waals surface area contributed by atoms with Gasteiger partial charge in [-0.15, -0.1) is 0 Å². The lowest BCUT2D eigenvalue weighted by atomic mass is 9.49. The molecule has 9 heteroatoms. The molecular formula is C31H32F2O5S2. The Morgan fingerprint density at radius 3 is 1.48 bits per heavy atom. The molecule has 40 heavy (non-hydrogen) atoms. The molecule has 4 bridgehead atoms. The van der Waals surface area contributed by atoms with Crippen LogP contribution in [0.15, 0.2) is 106 Å². The van der Waals surface area contributed by atoms with E-state index in [1.165, 1.54) is 0 Å². The van der Waals surface area contributed by atoms with Crippen LogP contribution in [-0.2, 0) is 23.3 Å². The van der Waals surface area contributed by atoms with E-state index >= 15 is 8.78 Å². The average molecular weight is 587 g/mol. The van der Waals surface area contributed by atoms with Crippen molar-refractivity contribution < 1.29 is 30.4 Å². The number of halogens is 2. The van der Waals surface area contributed by atoms with Crippen molar-refractivity contribution in [3.63, 3.8) is 0 Å². The van der Waals surface area contributed by atoms with Gasteiger partial charge in [0.05, 0.1) is 5.41 Å². The molecule has 3 aromatic rings. The summed E-state index contributed by atoms with van der Waals surface area (Å²) in [5.74, 6) is 0.545. The molecule has 0 saturated heterocycles. The smallest absolute Gasteiger partial charge is 0.403 e. The number of carbonyl (C=O) groups excluding carboxylic acids is 1. The van der Waals surface area contributed by atoms with Crippen molar-refractivity contribution in [1.29, 1.82) is 0 Å². The van der Waals surface area contributed by atoms with Crippen LogP contribution in [0, 0.1) is 23.2 Å². The largest absolute Gasteiger partial charge is 0.458 e. The molecule has 212 valence electrons. The zero-order valence-electron chi connectivity index (χ0n) is 22.0. The molecule has 0 heterocycles. The standard InChI is InChI=1S/C31H32F2O5S2/c32-31(33,22-37-29(34)30-19-23-16-24(20-30)18-25(17-23)21-30)40(35,36)38-39(26-10-4-1-5-11-26,27-12-6-2-7-13-27)28-14-8-3-9-15-28/h1-15,23-25H,16-22H2. The second-order valence-electron chi connectivity index (χ2n) is 11.4. The van der Waals surface area contributed by atoms with Crippen LogP contribution in [0.3, 0.4) is 0 Å². The van der Waals surface area contributed by atoms with Gasteiger partial charge in [0.25, 0.3) is 0 Å². The lowest BCUT2D eigenvalue weighted by Crippen LogP contribution is -2.51. The van der Waals surface area contributed by atoms with Gasteiger partial charge in [-0.1, -0.05) is 54.6 Å². The molecule has 0 aromatic heterocycles. The van der Waals surface area contributed by atoms with Crippen LogP contribution in [0.2, 0.25) is 0 Å². The van der Waals surface area contributed by atoms with Crippen molar-refractivity contribution in [3.8, 4) is 0 Å². The van der Waals surface area contributed by atoms with Gasteiger partial charge in [0.2, 0.25) is 0 Å². The molecule has 0 radical (unpaired) electrons. The first-order chi connectivity index (χ1) is 19.1. The summed E-state index contributed by atoms with van der Waals surface area (Å²) in [6, 6.07) is 25.6. The van der Waals surface area contributed by atoms with Crippen LogP contribution < -0.4 is 0 Å². The third-order valence-corrected chi connectivity index (χ3v) is 13.8. The lowest BCUT2D eigenvalue weighted by molar-refractivity contribution is -0.176. The lowest BCUT2D eigenvalue weighted by Gasteiger charge is -2.55. The summed E-state index contributed by atoms with van der Waals surface area (Å²) in [5, 5.41) is -4.46. The molecule has 4 fully saturated rings. The maximum Gasteiger partial charge on any atom is 0.403 e. The fraction of sp³-hybridized carbons (Fsp3) is 0.387. The maximum absolute atomic E-state index is 15.6. The Labute approximate surface area is 235 Å². The zero-order valence-corrected chi connectivity index (χ0v) is 23.6. The number of hydrogen-bond donors (Lipinski definition) is 0. The summed E-state index contributed by atoms with van der Waals surface area (Å²) in [4.78, 5) is 14.6. The van der Waals surface area contributed by atoms with Gasteiger partial charge >= 0.3 is 21.3 Å². The molecule has 0 amide bonds. The Hall–Kier alpha value is -2.75. The second-order valence-corrected chi connectivity index (χ2v) is 16.0. The molecule has 3 aromatic carbocycles. The summed E-state index contributed by atoms with van der Waals surface area (Å²) >= 11 is 0. The number of ether oxygens (including phenoxy) is 1. The van der Waals surface area contributed by atoms with Gasteiger partial charge in [-0.25, -0.2) is 3.63 Å². The summed E-state index contributed by atoms with van der Waals surface area (Å²) in [6.07, 6.45) is 5.14. The van der Waals surface area contributed by atoms with Crippen LogP contribution in [-0.4, -0.2) is 26.2 Å². The van der Waals surface area contributed by atoms with Crippen LogP contribution in [0.1, 0.15) is 38.5 Å². The first kappa shape index (κ1) is 27.4. The Morgan fingerprint density at radius 1 is 0.725 bits per heavy atom. The van der Waals surface area contributed by atoms with E-state index in [0.29, 0.717) is 51.7 Å². The van der Waals surface area contributed by atoms with Crippen molar-refractivity contribution in [2.75, 3.05) is 6.61 Å². The first-order valence-electron chi connectivity index (χ1n) is 13.6. The van der Waals surface area contributed by atoms with Crippen molar-refractivity contribution in [3.05, 3.63) is 91.0 Å². The fourth-order valence-electron chi connectivity index (χ4n) is 7.28. The van der Waals surface area contributed by atoms with Crippen molar-refractivity contribution in [2.24, 2.45) is 23.2 Å². The summed E-state index contributed by atoms with van der Waals surface area (Å²) in [7, 11) is -8.74. The van der Waals surface area contributed by atoms with Crippen LogP contribution >= 0.6 is 10.3 Å². The Morgan fingerprint density at radius 2 is 1.10 bits per heavy atom. The van der Waals surface area contributed by atoms with Gasteiger partial charge in [-0.05, 0) is 103 Å². The number of hydrogen-bond acceptors (Lipinski definition) is 5. The fourth-order valence-corrected chi connectivity index (χ4v) is 12.3. The molecule has 7 rings (SSSR count). The van der Waals surface area contributed by atoms with Gasteiger partial charge in [0, 0.05) is 14.7 Å². The highest BCUT2D eigenvalue weighted by Crippen LogP contribution is 2.70. The molecule has 0 N–H and O–H groups in total. The Balaban J connectivity index is 1.32. The number of benzene rings is 3. The van der Waals surface area contributed by atoms with Gasteiger partial charge < -0.3 is 4.74 Å². The van der Waals surface area contributed by atoms with Gasteiger partial charge in [0.15, 0.2) is 6.61 Å². The SMILES string of the molecule is O=C(OCC(F)(F)S(=O)(=O)OS(c1ccccc1)(c1ccccc1)c1ccccc1)C12CC3CC(CC(C3)C1)C2. The normalized spacial score (nSPS) is 26.4. The van der Waals surface area contributed by atoms with Gasteiger partial charge in [-0.2, -0.15) is 17.2 Å². The highest BCUT2D eigenvalue weighted by molar-refractivity contribution is 8.33. The summed E-state index contributed by atoms with van der Waals surface area (Å²) in [5.41, 5.74) is -0.775. The van der Waals surface area contributed by atoms with Gasteiger partial charge in [0.1, 0.15) is 0 Å². The van der Waals surface area contributed by atoms with E-state index in [9.17, 15) is 13.2 Å². The van der Waals surface area contributed by atoms with Crippen molar-refractivity contribution in [1.82, 2.24) is 0 Å². The zero-order chi connectivity index (χ0) is 28.0. The van der Waals surface area contributed by atoms with E-state index in [2.05, 4.69) is 0 Å². The Kier molecular flexibility index (Phi) is 7.04. The van der Waals surface area contributed by atoms with Crippen molar-refractivity contribution in [2.45, 2.75) is 58.5 Å². The number of esters is 1. The second kappa shape index (κ2) is 10.3. The van der Waals surface area contributed by atoms with Gasteiger partial charge in [-0.3, -0.25) is 4.79 Å². The topological polar surface area (TPSA) is 69.7 Å². The Bertz CT molecular complexity index is 1330. The van der Waals surface area contributed by atoms with E-state index in [-0.39, 0.29) is 0 Å². The maximum atomic E-state index is 15.6. The van der Waals surface area contributed by atoms with Crippen LogP contribution in [0.5, 0.6) is 0 Å². The minimum Gasteiger partial charge on any atom is -0.458 e. The molecule has 0 spiro atoms. The third kappa shape index (κ3) is 4.76. The first-order valence-corrected chi connectivity index (χ1v) is 16.6. The molecule has 0 atom stereocenters. The van der Waals surface area contributed by atoms with E-state index < -0.39 is 43.7 Å². The van der Waals surface area contributed by atoms with E-state index in [1.807, 2.05) is 0 Å². The predicted octanol–water partition coefficient (Wildman–Crippen LogP) is 7.58. The van der Waals surface area contributed by atoms with Crippen LogP contribution in [0.4, 0.5) is 8.78 Å². The highest BCUT2D eigenvalue weighted by atomic mass is 32.3. The minimum atomic E-state index is -5.59. The molecule has 4 saturated carbocycles. The van der Waals surface area contributed by atoms with Crippen molar-refractivity contribution >= 4 is 26.4 Å². The molecule has 0 aliphatic heterocycles. The number of carbonyl (C=O) groups is 1. The summed E-state index contributed by atoms with van der Waals surface area (Å²) in [6.45, 7) is -1.58. The molecular weight excluding hydrogens is 554 g/mol. The molecule has 4 aliphatic carbocycles. The molecule has 0 unspecified atom stereocenters. The quantitative estimate of drug-likeness (QED) is 0.242. The van der Waals surface area contributed by atoms with E-state index in [4.69, 9.17) is 8.37 Å². The van der Waals surface area contributed by atoms with E-state index in [1.54, 1.807) is 91.0 Å². The number of alkyl halides is 2. The third-order valence-electron chi connectivity index (χ3n) is 8.63.